The number of nitrogens with one attached hydrogen (secondary N) is 1. The highest BCUT2D eigenvalue weighted by Gasteiger charge is 2.36. The molecule has 0 radical (unpaired) electrons. The van der Waals surface area contributed by atoms with Gasteiger partial charge in [0.15, 0.2) is 0 Å². The van der Waals surface area contributed by atoms with E-state index in [4.69, 9.17) is 9.47 Å². The van der Waals surface area contributed by atoms with Crippen LogP contribution in [0.25, 0.3) is 11.1 Å². The van der Waals surface area contributed by atoms with Crippen molar-refractivity contribution in [2.24, 2.45) is 11.8 Å². The molecule has 0 spiro atoms. The molecule has 8 heteroatoms. The third-order valence-electron chi connectivity index (χ3n) is 5.40. The standard InChI is InChI=1S/C23H27NO6S/c1-3-29-15-11-9-14(10-12-15)18-13-31-21(19(18)23(28)30-4-2)24-20(25)16-7-5-6-8-17(16)22(26)27/h9-13,16-17H,3-8H2,1-2H3,(H,24,25)(H,26,27)/t16-,17+/m0/s1. The zero-order valence-corrected chi connectivity index (χ0v) is 18.5. The number of amides is 1. The molecule has 1 amide bonds. The lowest BCUT2D eigenvalue weighted by atomic mass is 9.79. The molecule has 2 aromatic rings. The molecule has 1 aromatic heterocycles. The van der Waals surface area contributed by atoms with E-state index in [9.17, 15) is 19.5 Å². The zero-order valence-electron chi connectivity index (χ0n) is 17.7. The van der Waals surface area contributed by atoms with Gasteiger partial charge in [-0.3, -0.25) is 9.59 Å². The van der Waals surface area contributed by atoms with Gasteiger partial charge in [-0.1, -0.05) is 25.0 Å². The highest BCUT2D eigenvalue weighted by molar-refractivity contribution is 7.15. The second-order valence-corrected chi connectivity index (χ2v) is 8.24. The zero-order chi connectivity index (χ0) is 22.4. The Morgan fingerprint density at radius 1 is 1.06 bits per heavy atom. The van der Waals surface area contributed by atoms with Gasteiger partial charge in [0.2, 0.25) is 5.91 Å². The quantitative estimate of drug-likeness (QED) is 0.565. The van der Waals surface area contributed by atoms with Crippen molar-refractivity contribution in [2.75, 3.05) is 18.5 Å². The molecular weight excluding hydrogens is 418 g/mol. The average molecular weight is 446 g/mol. The Morgan fingerprint density at radius 3 is 2.35 bits per heavy atom. The van der Waals surface area contributed by atoms with E-state index in [0.717, 1.165) is 24.2 Å². The Hall–Kier alpha value is -2.87. The summed E-state index contributed by atoms with van der Waals surface area (Å²) in [6.45, 7) is 4.38. The van der Waals surface area contributed by atoms with Crippen molar-refractivity contribution < 1.29 is 29.0 Å². The second-order valence-electron chi connectivity index (χ2n) is 7.36. The Kier molecular flexibility index (Phi) is 7.68. The molecule has 0 bridgehead atoms. The number of thiophene rings is 1. The number of ether oxygens (including phenoxy) is 2. The van der Waals surface area contributed by atoms with Gasteiger partial charge >= 0.3 is 11.9 Å². The van der Waals surface area contributed by atoms with E-state index in [1.165, 1.54) is 11.3 Å². The third-order valence-corrected chi connectivity index (χ3v) is 6.30. The van der Waals surface area contributed by atoms with Crippen molar-refractivity contribution in [2.45, 2.75) is 39.5 Å². The van der Waals surface area contributed by atoms with Crippen LogP contribution in [-0.4, -0.2) is 36.2 Å². The van der Waals surface area contributed by atoms with Gasteiger partial charge in [0.25, 0.3) is 0 Å². The molecule has 0 unspecified atom stereocenters. The van der Waals surface area contributed by atoms with Crippen LogP contribution in [0.3, 0.4) is 0 Å². The van der Waals surface area contributed by atoms with Crippen LogP contribution < -0.4 is 10.1 Å². The van der Waals surface area contributed by atoms with Crippen LogP contribution >= 0.6 is 11.3 Å². The fourth-order valence-corrected chi connectivity index (χ4v) is 4.87. The van der Waals surface area contributed by atoms with Crippen molar-refractivity contribution in [1.29, 1.82) is 0 Å². The minimum Gasteiger partial charge on any atom is -0.494 e. The van der Waals surface area contributed by atoms with Gasteiger partial charge in [-0.2, -0.15) is 0 Å². The molecule has 1 aliphatic carbocycles. The van der Waals surface area contributed by atoms with E-state index in [0.29, 0.717) is 30.0 Å². The lowest BCUT2D eigenvalue weighted by Crippen LogP contribution is -2.36. The smallest absolute Gasteiger partial charge is 0.341 e. The molecule has 166 valence electrons. The molecule has 31 heavy (non-hydrogen) atoms. The SMILES string of the molecule is CCOC(=O)c1c(-c2ccc(OCC)cc2)csc1NC(=O)[C@H]1CCCC[C@H]1C(=O)O. The molecule has 1 aliphatic rings. The lowest BCUT2D eigenvalue weighted by Gasteiger charge is -2.27. The number of carboxylic acids is 1. The summed E-state index contributed by atoms with van der Waals surface area (Å²) < 4.78 is 10.7. The minimum atomic E-state index is -0.952. The van der Waals surface area contributed by atoms with E-state index in [-0.39, 0.29) is 18.1 Å². The number of carboxylic acid groups (broad SMARTS) is 1. The van der Waals surface area contributed by atoms with Gasteiger partial charge in [0, 0.05) is 10.9 Å². The van der Waals surface area contributed by atoms with Crippen LogP contribution in [-0.2, 0) is 14.3 Å². The summed E-state index contributed by atoms with van der Waals surface area (Å²) in [7, 11) is 0. The maximum absolute atomic E-state index is 12.9. The van der Waals surface area contributed by atoms with Crippen LogP contribution in [0, 0.1) is 11.8 Å². The third kappa shape index (κ3) is 5.25. The molecular formula is C23H27NO6S. The Labute approximate surface area is 185 Å². The molecule has 0 aliphatic heterocycles. The van der Waals surface area contributed by atoms with Gasteiger partial charge in [-0.15, -0.1) is 11.3 Å². The maximum Gasteiger partial charge on any atom is 0.341 e. The molecule has 1 aromatic carbocycles. The van der Waals surface area contributed by atoms with Crippen LogP contribution in [0.15, 0.2) is 29.6 Å². The molecule has 7 nitrogen and oxygen atoms in total. The van der Waals surface area contributed by atoms with Crippen molar-refractivity contribution in [3.8, 4) is 16.9 Å². The van der Waals surface area contributed by atoms with Crippen LogP contribution in [0.4, 0.5) is 5.00 Å². The molecule has 0 saturated heterocycles. The first-order valence-corrected chi connectivity index (χ1v) is 11.4. The monoisotopic (exact) mass is 445 g/mol. The number of aliphatic carboxylic acids is 1. The average Bonchev–Trinajstić information content (AvgIpc) is 3.18. The predicted molar refractivity (Wildman–Crippen MR) is 119 cm³/mol. The number of rotatable bonds is 8. The summed E-state index contributed by atoms with van der Waals surface area (Å²) in [5, 5.41) is 14.5. The predicted octanol–water partition coefficient (Wildman–Crippen LogP) is 4.82. The summed E-state index contributed by atoms with van der Waals surface area (Å²) in [5.74, 6) is -2.43. The van der Waals surface area contributed by atoms with Crippen LogP contribution in [0.5, 0.6) is 5.75 Å². The summed E-state index contributed by atoms with van der Waals surface area (Å²) in [6, 6.07) is 7.35. The summed E-state index contributed by atoms with van der Waals surface area (Å²) in [4.78, 5) is 37.3. The number of carbonyl (C=O) groups is 3. The number of benzene rings is 1. The maximum atomic E-state index is 12.9. The molecule has 1 saturated carbocycles. The van der Waals surface area contributed by atoms with Crippen molar-refractivity contribution in [3.63, 3.8) is 0 Å². The molecule has 1 heterocycles. The fraction of sp³-hybridized carbons (Fsp3) is 0.435. The Morgan fingerprint density at radius 2 is 1.74 bits per heavy atom. The minimum absolute atomic E-state index is 0.203. The van der Waals surface area contributed by atoms with Gasteiger partial charge in [0.1, 0.15) is 16.3 Å². The normalized spacial score (nSPS) is 18.3. The summed E-state index contributed by atoms with van der Waals surface area (Å²) in [5.41, 5.74) is 1.73. The van der Waals surface area contributed by atoms with E-state index in [2.05, 4.69) is 5.32 Å². The first kappa shape index (κ1) is 22.8. The molecule has 1 fully saturated rings. The lowest BCUT2D eigenvalue weighted by molar-refractivity contribution is -0.147. The Balaban J connectivity index is 1.90. The van der Waals surface area contributed by atoms with E-state index < -0.39 is 23.8 Å². The highest BCUT2D eigenvalue weighted by Crippen LogP contribution is 2.38. The number of hydrogen-bond donors (Lipinski definition) is 2. The van der Waals surface area contributed by atoms with E-state index in [1.54, 1.807) is 12.3 Å². The van der Waals surface area contributed by atoms with Crippen LogP contribution in [0.2, 0.25) is 0 Å². The van der Waals surface area contributed by atoms with Gasteiger partial charge in [-0.25, -0.2) is 4.79 Å². The van der Waals surface area contributed by atoms with Crippen molar-refractivity contribution in [1.82, 2.24) is 0 Å². The number of carbonyl (C=O) groups excluding carboxylic acids is 2. The topological polar surface area (TPSA) is 102 Å². The molecule has 3 rings (SSSR count). The molecule has 2 atom stereocenters. The summed E-state index contributed by atoms with van der Waals surface area (Å²) >= 11 is 1.23. The van der Waals surface area contributed by atoms with Gasteiger partial charge < -0.3 is 19.9 Å². The highest BCUT2D eigenvalue weighted by atomic mass is 32.1. The van der Waals surface area contributed by atoms with E-state index >= 15 is 0 Å². The van der Waals surface area contributed by atoms with Crippen LogP contribution in [0.1, 0.15) is 49.9 Å². The van der Waals surface area contributed by atoms with Crippen molar-refractivity contribution >= 4 is 34.2 Å². The fourth-order valence-electron chi connectivity index (χ4n) is 3.91. The van der Waals surface area contributed by atoms with E-state index in [1.807, 2.05) is 31.2 Å². The van der Waals surface area contributed by atoms with Crippen molar-refractivity contribution in [3.05, 3.63) is 35.2 Å². The largest absolute Gasteiger partial charge is 0.494 e. The number of esters is 1. The summed E-state index contributed by atoms with van der Waals surface area (Å²) in [6.07, 6.45) is 2.62. The molecule has 2 N–H and O–H groups in total. The first-order valence-electron chi connectivity index (χ1n) is 10.5. The number of anilines is 1. The van der Waals surface area contributed by atoms with Gasteiger partial charge in [-0.05, 0) is 44.4 Å². The second kappa shape index (κ2) is 10.4. The Bertz CT molecular complexity index is 936. The number of hydrogen-bond acceptors (Lipinski definition) is 6. The first-order chi connectivity index (χ1) is 15.0. The van der Waals surface area contributed by atoms with Gasteiger partial charge in [0.05, 0.1) is 25.0 Å².